The highest BCUT2D eigenvalue weighted by molar-refractivity contribution is 5.91. The van der Waals surface area contributed by atoms with Crippen LogP contribution in [0.25, 0.3) is 0 Å². The smallest absolute Gasteiger partial charge is 0.289 e. The van der Waals surface area contributed by atoms with Gasteiger partial charge in [-0.3, -0.25) is 4.79 Å². The maximum absolute atomic E-state index is 12.4. The summed E-state index contributed by atoms with van der Waals surface area (Å²) in [6, 6.07) is 9.56. The number of nitrogens with one attached hydrogen (secondary N) is 1. The summed E-state index contributed by atoms with van der Waals surface area (Å²) in [4.78, 5) is 21.2. The molecule has 0 spiro atoms. The van der Waals surface area contributed by atoms with Gasteiger partial charge in [0.2, 0.25) is 0 Å². The molecule has 1 aromatic carbocycles. The molecular weight excluding hydrogens is 356 g/mol. The molecule has 1 aliphatic rings. The largest absolute Gasteiger partial charge is 0.496 e. The van der Waals surface area contributed by atoms with Crippen LogP contribution in [0, 0.1) is 6.92 Å². The molecule has 150 valence electrons. The number of aliphatic imine (C=N–C) groups is 1. The van der Waals surface area contributed by atoms with Crippen LogP contribution in [0.1, 0.15) is 28.6 Å². The molecule has 2 heterocycles. The summed E-state index contributed by atoms with van der Waals surface area (Å²) in [6.45, 7) is 8.25. The molecule has 1 aliphatic heterocycles. The number of piperazine rings is 1. The Morgan fingerprint density at radius 1 is 1.21 bits per heavy atom. The molecule has 1 aromatic heterocycles. The molecule has 0 atom stereocenters. The Labute approximate surface area is 166 Å². The zero-order valence-electron chi connectivity index (χ0n) is 16.8. The Morgan fingerprint density at radius 2 is 1.96 bits per heavy atom. The van der Waals surface area contributed by atoms with Gasteiger partial charge in [-0.25, -0.2) is 4.99 Å². The first-order valence-corrected chi connectivity index (χ1v) is 9.62. The monoisotopic (exact) mass is 384 g/mol. The maximum Gasteiger partial charge on any atom is 0.289 e. The number of carbonyl (C=O) groups is 1. The molecule has 1 saturated heterocycles. The number of carbonyl (C=O) groups excluding carboxylic acids is 1. The predicted molar refractivity (Wildman–Crippen MR) is 109 cm³/mol. The van der Waals surface area contributed by atoms with Gasteiger partial charge in [-0.15, -0.1) is 0 Å². The molecule has 0 unspecified atom stereocenters. The van der Waals surface area contributed by atoms with E-state index in [2.05, 4.69) is 23.2 Å². The van der Waals surface area contributed by atoms with Gasteiger partial charge in [-0.05, 0) is 43.2 Å². The lowest BCUT2D eigenvalue weighted by atomic mass is 10.1. The highest BCUT2D eigenvalue weighted by atomic mass is 16.5. The molecule has 28 heavy (non-hydrogen) atoms. The van der Waals surface area contributed by atoms with Crippen LogP contribution in [0.15, 0.2) is 46.0 Å². The fourth-order valence-electron chi connectivity index (χ4n) is 3.31. The molecule has 7 heteroatoms. The van der Waals surface area contributed by atoms with Crippen molar-refractivity contribution in [2.45, 2.75) is 20.4 Å². The molecular formula is C21H28N4O3. The van der Waals surface area contributed by atoms with Crippen molar-refractivity contribution in [3.63, 3.8) is 0 Å². The van der Waals surface area contributed by atoms with Crippen molar-refractivity contribution in [3.8, 4) is 5.75 Å². The Kier molecular flexibility index (Phi) is 6.57. The van der Waals surface area contributed by atoms with E-state index < -0.39 is 0 Å². The fraction of sp³-hybridized carbons (Fsp3) is 0.429. The summed E-state index contributed by atoms with van der Waals surface area (Å²) >= 11 is 0. The first-order valence-electron chi connectivity index (χ1n) is 9.62. The average Bonchev–Trinajstić information content (AvgIpc) is 3.26. The Morgan fingerprint density at radius 3 is 2.57 bits per heavy atom. The third kappa shape index (κ3) is 4.65. The van der Waals surface area contributed by atoms with Crippen molar-refractivity contribution in [1.29, 1.82) is 0 Å². The lowest BCUT2D eigenvalue weighted by Crippen LogP contribution is -2.53. The van der Waals surface area contributed by atoms with E-state index in [4.69, 9.17) is 14.1 Å². The number of rotatable bonds is 5. The van der Waals surface area contributed by atoms with Crippen LogP contribution in [-0.2, 0) is 6.54 Å². The van der Waals surface area contributed by atoms with Crippen molar-refractivity contribution in [2.24, 2.45) is 4.99 Å². The minimum Gasteiger partial charge on any atom is -0.496 e. The summed E-state index contributed by atoms with van der Waals surface area (Å²) in [5.41, 5.74) is 2.24. The van der Waals surface area contributed by atoms with E-state index >= 15 is 0 Å². The van der Waals surface area contributed by atoms with E-state index in [1.54, 1.807) is 19.2 Å². The third-order valence-electron chi connectivity index (χ3n) is 4.80. The summed E-state index contributed by atoms with van der Waals surface area (Å²) in [6.07, 6.45) is 1.53. The molecule has 1 amide bonds. The molecule has 0 aliphatic carbocycles. The zero-order valence-corrected chi connectivity index (χ0v) is 16.8. The lowest BCUT2D eigenvalue weighted by Gasteiger charge is -2.36. The molecule has 3 rings (SSSR count). The van der Waals surface area contributed by atoms with Gasteiger partial charge in [0.1, 0.15) is 5.75 Å². The maximum atomic E-state index is 12.4. The van der Waals surface area contributed by atoms with E-state index in [9.17, 15) is 4.79 Å². The first kappa shape index (κ1) is 19.8. The molecule has 2 aromatic rings. The number of guanidine groups is 1. The number of methoxy groups -OCH3 is 1. The number of amides is 1. The van der Waals surface area contributed by atoms with Crippen molar-refractivity contribution < 1.29 is 13.9 Å². The van der Waals surface area contributed by atoms with E-state index in [1.807, 2.05) is 24.0 Å². The van der Waals surface area contributed by atoms with Crippen LogP contribution in [0.4, 0.5) is 0 Å². The molecule has 0 bridgehead atoms. The van der Waals surface area contributed by atoms with E-state index in [-0.39, 0.29) is 5.91 Å². The lowest BCUT2D eigenvalue weighted by molar-refractivity contribution is 0.0657. The van der Waals surface area contributed by atoms with Crippen molar-refractivity contribution in [1.82, 2.24) is 15.1 Å². The van der Waals surface area contributed by atoms with E-state index in [0.29, 0.717) is 25.4 Å². The summed E-state index contributed by atoms with van der Waals surface area (Å²) in [5.74, 6) is 2.10. The summed E-state index contributed by atoms with van der Waals surface area (Å²) in [7, 11) is 1.68. The summed E-state index contributed by atoms with van der Waals surface area (Å²) in [5, 5.41) is 3.36. The Balaban J connectivity index is 1.62. The second kappa shape index (κ2) is 9.30. The SMILES string of the molecule is CCNC(=NCc1ccc(OC)c(C)c1)N1CCN(C(=O)c2ccco2)CC1. The van der Waals surface area contributed by atoms with Gasteiger partial charge in [-0.1, -0.05) is 12.1 Å². The highest BCUT2D eigenvalue weighted by Gasteiger charge is 2.25. The highest BCUT2D eigenvalue weighted by Crippen LogP contribution is 2.19. The van der Waals surface area contributed by atoms with Crippen LogP contribution in [-0.4, -0.2) is 61.5 Å². The summed E-state index contributed by atoms with van der Waals surface area (Å²) < 4.78 is 10.5. The van der Waals surface area contributed by atoms with Gasteiger partial charge in [0.05, 0.1) is 19.9 Å². The van der Waals surface area contributed by atoms with Crippen LogP contribution >= 0.6 is 0 Å². The first-order chi connectivity index (χ1) is 13.6. The van der Waals surface area contributed by atoms with Gasteiger partial charge in [-0.2, -0.15) is 0 Å². The van der Waals surface area contributed by atoms with Gasteiger partial charge in [0, 0.05) is 32.7 Å². The minimum atomic E-state index is -0.0553. The molecule has 0 radical (unpaired) electrons. The van der Waals surface area contributed by atoms with E-state index in [0.717, 1.165) is 42.5 Å². The number of hydrogen-bond donors (Lipinski definition) is 1. The normalized spacial score (nSPS) is 14.9. The fourth-order valence-corrected chi connectivity index (χ4v) is 3.31. The third-order valence-corrected chi connectivity index (χ3v) is 4.80. The standard InChI is InChI=1S/C21H28N4O3/c1-4-22-21(23-15-17-7-8-18(27-3)16(2)14-17)25-11-9-24(10-12-25)20(26)19-6-5-13-28-19/h5-8,13-14H,4,9-12,15H2,1-3H3,(H,22,23). The van der Waals surface area contributed by atoms with Crippen molar-refractivity contribution >= 4 is 11.9 Å². The number of hydrogen-bond acceptors (Lipinski definition) is 4. The van der Waals surface area contributed by atoms with Crippen molar-refractivity contribution in [2.75, 3.05) is 39.8 Å². The topological polar surface area (TPSA) is 70.3 Å². The number of ether oxygens (including phenoxy) is 1. The number of benzene rings is 1. The van der Waals surface area contributed by atoms with Crippen LogP contribution < -0.4 is 10.1 Å². The Bertz CT molecular complexity index is 809. The minimum absolute atomic E-state index is 0.0553. The molecule has 1 N–H and O–H groups in total. The van der Waals surface area contributed by atoms with E-state index in [1.165, 1.54) is 6.26 Å². The molecule has 1 fully saturated rings. The van der Waals surface area contributed by atoms with Gasteiger partial charge in [0.15, 0.2) is 11.7 Å². The number of furan rings is 1. The number of nitrogens with zero attached hydrogens (tertiary/aromatic N) is 3. The van der Waals surface area contributed by atoms with Gasteiger partial charge < -0.3 is 24.3 Å². The van der Waals surface area contributed by atoms with Gasteiger partial charge >= 0.3 is 0 Å². The van der Waals surface area contributed by atoms with Gasteiger partial charge in [0.25, 0.3) is 5.91 Å². The van der Waals surface area contributed by atoms with Crippen molar-refractivity contribution in [3.05, 3.63) is 53.5 Å². The quantitative estimate of drug-likeness (QED) is 0.634. The average molecular weight is 384 g/mol. The predicted octanol–water partition coefficient (Wildman–Crippen LogP) is 2.52. The van der Waals surface area contributed by atoms with Crippen LogP contribution in [0.3, 0.4) is 0 Å². The molecule has 0 saturated carbocycles. The second-order valence-electron chi connectivity index (χ2n) is 6.73. The number of aryl methyl sites for hydroxylation is 1. The molecule has 7 nitrogen and oxygen atoms in total. The zero-order chi connectivity index (χ0) is 19.9. The second-order valence-corrected chi connectivity index (χ2v) is 6.73. The Hall–Kier alpha value is -2.96. The van der Waals surface area contributed by atoms with Crippen LogP contribution in [0.2, 0.25) is 0 Å². The van der Waals surface area contributed by atoms with Crippen LogP contribution in [0.5, 0.6) is 5.75 Å².